The molecule has 0 saturated carbocycles. The summed E-state index contributed by atoms with van der Waals surface area (Å²) in [5.74, 6) is 1.15. The molecule has 0 aliphatic heterocycles. The highest BCUT2D eigenvalue weighted by Gasteiger charge is 2.05. The van der Waals surface area contributed by atoms with E-state index in [1.54, 1.807) is 12.1 Å². The van der Waals surface area contributed by atoms with Gasteiger partial charge in [-0.15, -0.1) is 0 Å². The van der Waals surface area contributed by atoms with Crippen LogP contribution >= 0.6 is 0 Å². The maximum Gasteiger partial charge on any atom is 0.214 e. The molecule has 1 aromatic rings. The lowest BCUT2D eigenvalue weighted by atomic mass is 10.1. The van der Waals surface area contributed by atoms with Crippen molar-refractivity contribution >= 4 is 5.84 Å². The number of ether oxygens (including phenoxy) is 1. The van der Waals surface area contributed by atoms with Crippen LogP contribution in [0.3, 0.4) is 0 Å². The molecule has 3 N–H and O–H groups in total. The molecule has 0 aromatic carbocycles. The number of nitrogens with two attached hydrogens (primary N) is 1. The van der Waals surface area contributed by atoms with Gasteiger partial charge in [0.2, 0.25) is 5.88 Å². The molecule has 0 spiro atoms. The second kappa shape index (κ2) is 6.08. The number of aryl methyl sites for hydroxylation is 1. The van der Waals surface area contributed by atoms with Crippen LogP contribution in [-0.4, -0.2) is 22.6 Å². The molecular weight excluding hydrogens is 218 g/mol. The number of rotatable bonds is 5. The highest BCUT2D eigenvalue weighted by atomic mass is 16.5. The van der Waals surface area contributed by atoms with E-state index < -0.39 is 0 Å². The van der Waals surface area contributed by atoms with E-state index in [4.69, 9.17) is 15.7 Å². The first-order valence-corrected chi connectivity index (χ1v) is 5.62. The van der Waals surface area contributed by atoms with Crippen LogP contribution in [0.2, 0.25) is 0 Å². The van der Waals surface area contributed by atoms with Crippen molar-refractivity contribution in [3.05, 3.63) is 23.4 Å². The van der Waals surface area contributed by atoms with Crippen molar-refractivity contribution in [1.82, 2.24) is 4.98 Å². The number of amidine groups is 1. The van der Waals surface area contributed by atoms with Gasteiger partial charge in [-0.2, -0.15) is 0 Å². The predicted octanol–water partition coefficient (Wildman–Crippen LogP) is 1.91. The fraction of sp³-hybridized carbons (Fsp3) is 0.500. The number of aromatic nitrogens is 1. The average Bonchev–Trinajstić information content (AvgIpc) is 2.26. The monoisotopic (exact) mass is 237 g/mol. The largest absolute Gasteiger partial charge is 0.478 e. The molecule has 0 amide bonds. The summed E-state index contributed by atoms with van der Waals surface area (Å²) in [6, 6.07) is 3.41. The molecule has 0 unspecified atom stereocenters. The minimum Gasteiger partial charge on any atom is -0.478 e. The van der Waals surface area contributed by atoms with Gasteiger partial charge in [-0.3, -0.25) is 0 Å². The molecule has 0 radical (unpaired) electrons. The summed E-state index contributed by atoms with van der Waals surface area (Å²) in [5, 5.41) is 11.6. The number of oxime groups is 1. The summed E-state index contributed by atoms with van der Waals surface area (Å²) in [5.41, 5.74) is 6.91. The lowest BCUT2D eigenvalue weighted by Gasteiger charge is -2.09. The fourth-order valence-corrected chi connectivity index (χ4v) is 1.32. The summed E-state index contributed by atoms with van der Waals surface area (Å²) < 4.78 is 5.53. The van der Waals surface area contributed by atoms with Crippen LogP contribution in [0.4, 0.5) is 0 Å². The summed E-state index contributed by atoms with van der Waals surface area (Å²) in [6.07, 6.45) is 0.967. The molecule has 0 atom stereocenters. The summed E-state index contributed by atoms with van der Waals surface area (Å²) in [6.45, 7) is 6.72. The van der Waals surface area contributed by atoms with Gasteiger partial charge in [-0.05, 0) is 25.3 Å². The van der Waals surface area contributed by atoms with E-state index in [9.17, 15) is 0 Å². The van der Waals surface area contributed by atoms with Crippen LogP contribution in [0.5, 0.6) is 5.88 Å². The van der Waals surface area contributed by atoms with Gasteiger partial charge < -0.3 is 15.7 Å². The Morgan fingerprint density at radius 3 is 2.82 bits per heavy atom. The number of hydrogen-bond donors (Lipinski definition) is 2. The van der Waals surface area contributed by atoms with Gasteiger partial charge in [0.25, 0.3) is 0 Å². The van der Waals surface area contributed by atoms with Crippen LogP contribution in [0.25, 0.3) is 0 Å². The number of hydrogen-bond acceptors (Lipinski definition) is 4. The molecule has 0 aliphatic carbocycles. The Morgan fingerprint density at radius 2 is 2.24 bits per heavy atom. The Bertz CT molecular complexity index is 403. The second-order valence-corrected chi connectivity index (χ2v) is 4.35. The summed E-state index contributed by atoms with van der Waals surface area (Å²) in [7, 11) is 0. The van der Waals surface area contributed by atoms with Crippen molar-refractivity contribution in [2.24, 2.45) is 16.8 Å². The zero-order valence-electron chi connectivity index (χ0n) is 10.5. The highest BCUT2D eigenvalue weighted by Crippen LogP contribution is 2.13. The molecule has 1 aromatic heterocycles. The maximum absolute atomic E-state index is 8.62. The Balaban J connectivity index is 2.76. The van der Waals surface area contributed by atoms with Crippen molar-refractivity contribution in [2.45, 2.75) is 27.2 Å². The molecule has 5 nitrogen and oxygen atoms in total. The normalized spacial score (nSPS) is 11.9. The molecule has 5 heteroatoms. The van der Waals surface area contributed by atoms with E-state index in [-0.39, 0.29) is 5.84 Å². The molecule has 0 fully saturated rings. The van der Waals surface area contributed by atoms with Crippen molar-refractivity contribution < 1.29 is 9.94 Å². The van der Waals surface area contributed by atoms with Crippen molar-refractivity contribution in [3.8, 4) is 5.88 Å². The van der Waals surface area contributed by atoms with E-state index in [1.165, 1.54) is 0 Å². The lowest BCUT2D eigenvalue weighted by molar-refractivity contribution is 0.279. The topological polar surface area (TPSA) is 80.7 Å². The molecule has 1 heterocycles. The third-order valence-corrected chi connectivity index (χ3v) is 2.28. The standard InChI is InChI=1S/C12H19N3O2/c1-8(2)4-5-17-11-7-10(12(13)15-16)6-9(3)14-11/h6-8,16H,4-5H2,1-3H3,(H2,13,15). The van der Waals surface area contributed by atoms with Crippen LogP contribution < -0.4 is 10.5 Å². The Kier molecular flexibility index (Phi) is 4.75. The highest BCUT2D eigenvalue weighted by molar-refractivity contribution is 5.97. The minimum absolute atomic E-state index is 0.0595. The average molecular weight is 237 g/mol. The van der Waals surface area contributed by atoms with Gasteiger partial charge >= 0.3 is 0 Å². The van der Waals surface area contributed by atoms with Gasteiger partial charge in [-0.25, -0.2) is 4.98 Å². The summed E-state index contributed by atoms with van der Waals surface area (Å²) in [4.78, 5) is 4.23. The molecule has 1 rings (SSSR count). The van der Waals surface area contributed by atoms with Gasteiger partial charge in [0.1, 0.15) is 0 Å². The first-order valence-electron chi connectivity index (χ1n) is 5.62. The van der Waals surface area contributed by atoms with E-state index in [0.29, 0.717) is 24.0 Å². The van der Waals surface area contributed by atoms with Crippen LogP contribution in [0.1, 0.15) is 31.5 Å². The van der Waals surface area contributed by atoms with Crippen LogP contribution in [0.15, 0.2) is 17.3 Å². The predicted molar refractivity (Wildman–Crippen MR) is 66.4 cm³/mol. The van der Waals surface area contributed by atoms with Gasteiger partial charge in [-0.1, -0.05) is 19.0 Å². The Labute approximate surface area is 101 Å². The molecular formula is C12H19N3O2. The number of pyridine rings is 1. The van der Waals surface area contributed by atoms with E-state index in [0.717, 1.165) is 12.1 Å². The lowest BCUT2D eigenvalue weighted by Crippen LogP contribution is -2.14. The van der Waals surface area contributed by atoms with Gasteiger partial charge in [0, 0.05) is 17.3 Å². The molecule has 0 bridgehead atoms. The first-order chi connectivity index (χ1) is 8.02. The molecule has 0 saturated heterocycles. The quantitative estimate of drug-likeness (QED) is 0.355. The second-order valence-electron chi connectivity index (χ2n) is 4.35. The zero-order valence-corrected chi connectivity index (χ0v) is 10.5. The number of nitrogens with zero attached hydrogens (tertiary/aromatic N) is 2. The smallest absolute Gasteiger partial charge is 0.214 e. The van der Waals surface area contributed by atoms with Crippen molar-refractivity contribution in [1.29, 1.82) is 0 Å². The van der Waals surface area contributed by atoms with E-state index >= 15 is 0 Å². The maximum atomic E-state index is 8.62. The minimum atomic E-state index is 0.0595. The third-order valence-electron chi connectivity index (χ3n) is 2.28. The molecule has 17 heavy (non-hydrogen) atoms. The Morgan fingerprint density at radius 1 is 1.53 bits per heavy atom. The van der Waals surface area contributed by atoms with E-state index in [1.807, 2.05) is 6.92 Å². The van der Waals surface area contributed by atoms with Gasteiger partial charge in [0.15, 0.2) is 5.84 Å². The van der Waals surface area contributed by atoms with Crippen LogP contribution in [0, 0.1) is 12.8 Å². The van der Waals surface area contributed by atoms with Crippen molar-refractivity contribution in [2.75, 3.05) is 6.61 Å². The summed E-state index contributed by atoms with van der Waals surface area (Å²) >= 11 is 0. The van der Waals surface area contributed by atoms with E-state index in [2.05, 4.69) is 24.0 Å². The first kappa shape index (κ1) is 13.3. The zero-order chi connectivity index (χ0) is 12.8. The van der Waals surface area contributed by atoms with Crippen molar-refractivity contribution in [3.63, 3.8) is 0 Å². The van der Waals surface area contributed by atoms with Gasteiger partial charge in [0.05, 0.1) is 6.61 Å². The Hall–Kier alpha value is -1.78. The molecule has 94 valence electrons. The van der Waals surface area contributed by atoms with Crippen LogP contribution in [-0.2, 0) is 0 Å². The fourth-order valence-electron chi connectivity index (χ4n) is 1.32. The third kappa shape index (κ3) is 4.30. The SMILES string of the molecule is Cc1cc(/C(N)=N/O)cc(OCCC(C)C)n1. The molecule has 0 aliphatic rings.